The molecule has 0 aliphatic heterocycles. The summed E-state index contributed by atoms with van der Waals surface area (Å²) in [4.78, 5) is 18.3. The first-order valence-electron chi connectivity index (χ1n) is 6.11. The summed E-state index contributed by atoms with van der Waals surface area (Å²) in [6, 6.07) is -0.0387. The number of unbranched alkanes of at least 4 members (excludes halogenated alkanes) is 2. The van der Waals surface area contributed by atoms with Crippen molar-refractivity contribution in [2.45, 2.75) is 51.5 Å². The molecule has 5 heteroatoms. The number of aromatic nitrogens is 2. The summed E-state index contributed by atoms with van der Waals surface area (Å²) < 4.78 is 0.858. The SMILES string of the molecule is CCC(=O)CCCCC[C@H](N)c1ncc(Br)[nH]1. The molecule has 3 N–H and O–H groups in total. The number of nitrogens with two attached hydrogens (primary N) is 1. The summed E-state index contributed by atoms with van der Waals surface area (Å²) in [6.45, 7) is 1.91. The molecule has 4 nitrogen and oxygen atoms in total. The lowest BCUT2D eigenvalue weighted by Crippen LogP contribution is -2.11. The number of halogens is 1. The van der Waals surface area contributed by atoms with Gasteiger partial charge >= 0.3 is 0 Å². The maximum atomic E-state index is 11.1. The van der Waals surface area contributed by atoms with Crippen molar-refractivity contribution >= 4 is 21.7 Å². The van der Waals surface area contributed by atoms with Crippen LogP contribution in [-0.2, 0) is 4.79 Å². The van der Waals surface area contributed by atoms with E-state index in [1.165, 1.54) is 0 Å². The first-order chi connectivity index (χ1) is 8.13. The highest BCUT2D eigenvalue weighted by molar-refractivity contribution is 9.10. The number of H-pyrrole nitrogens is 1. The molecule has 0 unspecified atom stereocenters. The molecular weight excluding hydrogens is 282 g/mol. The van der Waals surface area contributed by atoms with Crippen LogP contribution < -0.4 is 5.73 Å². The molecular formula is C12H20BrN3O. The van der Waals surface area contributed by atoms with Gasteiger partial charge in [0.25, 0.3) is 0 Å². The van der Waals surface area contributed by atoms with E-state index in [1.54, 1.807) is 6.20 Å². The molecule has 1 aromatic rings. The van der Waals surface area contributed by atoms with Crippen molar-refractivity contribution in [2.75, 3.05) is 0 Å². The van der Waals surface area contributed by atoms with Gasteiger partial charge in [0.15, 0.2) is 0 Å². The Bertz CT molecular complexity index is 351. The van der Waals surface area contributed by atoms with Gasteiger partial charge in [0.05, 0.1) is 12.2 Å². The first-order valence-corrected chi connectivity index (χ1v) is 6.90. The normalized spacial score (nSPS) is 12.6. The quantitative estimate of drug-likeness (QED) is 0.725. The molecule has 0 aromatic carbocycles. The number of carbonyl (C=O) groups is 1. The van der Waals surface area contributed by atoms with Gasteiger partial charge in [-0.3, -0.25) is 4.79 Å². The van der Waals surface area contributed by atoms with E-state index in [4.69, 9.17) is 5.73 Å². The van der Waals surface area contributed by atoms with E-state index in [0.717, 1.165) is 36.1 Å². The van der Waals surface area contributed by atoms with Crippen LogP contribution in [0.5, 0.6) is 0 Å². The zero-order chi connectivity index (χ0) is 12.7. The smallest absolute Gasteiger partial charge is 0.132 e. The summed E-state index contributed by atoms with van der Waals surface area (Å²) in [7, 11) is 0. The average molecular weight is 302 g/mol. The van der Waals surface area contributed by atoms with E-state index in [-0.39, 0.29) is 6.04 Å². The van der Waals surface area contributed by atoms with E-state index in [9.17, 15) is 4.79 Å². The van der Waals surface area contributed by atoms with Crippen LogP contribution in [0.15, 0.2) is 10.8 Å². The predicted octanol–water partition coefficient (Wildman–Crippen LogP) is 3.10. The number of carbonyl (C=O) groups excluding carboxylic acids is 1. The van der Waals surface area contributed by atoms with Gasteiger partial charge in [-0.25, -0.2) is 4.98 Å². The summed E-state index contributed by atoms with van der Waals surface area (Å²) in [5.41, 5.74) is 6.00. The van der Waals surface area contributed by atoms with Crippen molar-refractivity contribution in [2.24, 2.45) is 5.73 Å². The predicted molar refractivity (Wildman–Crippen MR) is 71.6 cm³/mol. The number of Topliss-reactive ketones (excluding diaryl/α,β-unsaturated/α-hetero) is 1. The minimum Gasteiger partial charge on any atom is -0.335 e. The Morgan fingerprint density at radius 1 is 1.53 bits per heavy atom. The molecule has 0 aliphatic rings. The highest BCUT2D eigenvalue weighted by Gasteiger charge is 2.09. The van der Waals surface area contributed by atoms with Gasteiger partial charge < -0.3 is 10.7 Å². The third kappa shape index (κ3) is 5.46. The lowest BCUT2D eigenvalue weighted by Gasteiger charge is -2.08. The third-order valence-electron chi connectivity index (χ3n) is 2.78. The number of aromatic amines is 1. The number of rotatable bonds is 8. The Morgan fingerprint density at radius 2 is 2.29 bits per heavy atom. The highest BCUT2D eigenvalue weighted by atomic mass is 79.9. The molecule has 17 heavy (non-hydrogen) atoms. The molecule has 1 heterocycles. The summed E-state index contributed by atoms with van der Waals surface area (Å²) in [5, 5.41) is 0. The van der Waals surface area contributed by atoms with Gasteiger partial charge in [-0.1, -0.05) is 19.8 Å². The number of hydrogen-bond acceptors (Lipinski definition) is 3. The average Bonchev–Trinajstić information content (AvgIpc) is 2.75. The maximum Gasteiger partial charge on any atom is 0.132 e. The topological polar surface area (TPSA) is 71.8 Å². The van der Waals surface area contributed by atoms with E-state index in [1.807, 2.05) is 6.92 Å². The fraction of sp³-hybridized carbons (Fsp3) is 0.667. The van der Waals surface area contributed by atoms with E-state index in [0.29, 0.717) is 18.6 Å². The Hall–Kier alpha value is -0.680. The van der Waals surface area contributed by atoms with E-state index >= 15 is 0 Å². The molecule has 0 bridgehead atoms. The molecule has 0 amide bonds. The molecule has 0 aliphatic carbocycles. The summed E-state index contributed by atoms with van der Waals surface area (Å²) in [6.07, 6.45) is 7.05. The number of hydrogen-bond donors (Lipinski definition) is 2. The molecule has 0 radical (unpaired) electrons. The molecule has 0 saturated carbocycles. The molecule has 1 atom stereocenters. The molecule has 0 saturated heterocycles. The number of ketones is 1. The zero-order valence-electron chi connectivity index (χ0n) is 10.2. The van der Waals surface area contributed by atoms with Crippen molar-refractivity contribution < 1.29 is 4.79 Å². The largest absolute Gasteiger partial charge is 0.335 e. The lowest BCUT2D eigenvalue weighted by atomic mass is 10.1. The number of nitrogens with one attached hydrogen (secondary N) is 1. The van der Waals surface area contributed by atoms with Crippen molar-refractivity contribution in [1.82, 2.24) is 9.97 Å². The van der Waals surface area contributed by atoms with Gasteiger partial charge in [0.1, 0.15) is 16.2 Å². The van der Waals surface area contributed by atoms with E-state index < -0.39 is 0 Å². The number of imidazole rings is 1. The number of nitrogens with zero attached hydrogens (tertiary/aromatic N) is 1. The maximum absolute atomic E-state index is 11.1. The Labute approximate surface area is 111 Å². The van der Waals surface area contributed by atoms with Gasteiger partial charge in [0, 0.05) is 12.8 Å². The fourth-order valence-corrected chi connectivity index (χ4v) is 1.98. The zero-order valence-corrected chi connectivity index (χ0v) is 11.8. The van der Waals surface area contributed by atoms with Crippen molar-refractivity contribution in [1.29, 1.82) is 0 Å². The highest BCUT2D eigenvalue weighted by Crippen LogP contribution is 2.16. The summed E-state index contributed by atoms with van der Waals surface area (Å²) in [5.74, 6) is 1.17. The van der Waals surface area contributed by atoms with Crippen LogP contribution in [0.3, 0.4) is 0 Å². The van der Waals surface area contributed by atoms with Crippen LogP contribution in [0.1, 0.15) is 57.3 Å². The van der Waals surface area contributed by atoms with Crippen molar-refractivity contribution in [3.8, 4) is 0 Å². The van der Waals surface area contributed by atoms with Gasteiger partial charge in [-0.15, -0.1) is 0 Å². The third-order valence-corrected chi connectivity index (χ3v) is 3.18. The second kappa shape index (κ2) is 7.61. The van der Waals surface area contributed by atoms with Gasteiger partial charge in [0.2, 0.25) is 0 Å². The van der Waals surface area contributed by atoms with Crippen LogP contribution in [0.4, 0.5) is 0 Å². The molecule has 96 valence electrons. The van der Waals surface area contributed by atoms with Crippen LogP contribution in [0.25, 0.3) is 0 Å². The Balaban J connectivity index is 2.12. The van der Waals surface area contributed by atoms with Crippen molar-refractivity contribution in [3.05, 3.63) is 16.6 Å². The van der Waals surface area contributed by atoms with Gasteiger partial charge in [-0.2, -0.15) is 0 Å². The molecule has 0 fully saturated rings. The second-order valence-electron chi connectivity index (χ2n) is 4.21. The van der Waals surface area contributed by atoms with Crippen molar-refractivity contribution in [3.63, 3.8) is 0 Å². The Kier molecular flexibility index (Phi) is 6.44. The molecule has 0 spiro atoms. The minimum atomic E-state index is -0.0387. The fourth-order valence-electron chi connectivity index (χ4n) is 1.68. The van der Waals surface area contributed by atoms with Crippen LogP contribution in [-0.4, -0.2) is 15.8 Å². The standard InChI is InChI=1S/C12H20BrN3O/c1-2-9(17)6-4-3-5-7-10(14)12-15-8-11(13)16-12/h8,10H,2-7,14H2,1H3,(H,15,16)/t10-/m0/s1. The second-order valence-corrected chi connectivity index (χ2v) is 5.07. The van der Waals surface area contributed by atoms with Crippen LogP contribution >= 0.6 is 15.9 Å². The lowest BCUT2D eigenvalue weighted by molar-refractivity contribution is -0.118. The van der Waals surface area contributed by atoms with Crippen LogP contribution in [0, 0.1) is 0 Å². The monoisotopic (exact) mass is 301 g/mol. The Morgan fingerprint density at radius 3 is 2.88 bits per heavy atom. The minimum absolute atomic E-state index is 0.0387. The first kappa shape index (κ1) is 14.4. The molecule has 1 aromatic heterocycles. The molecule has 1 rings (SSSR count). The van der Waals surface area contributed by atoms with Gasteiger partial charge in [-0.05, 0) is 28.8 Å². The van der Waals surface area contributed by atoms with E-state index in [2.05, 4.69) is 25.9 Å². The summed E-state index contributed by atoms with van der Waals surface area (Å²) >= 11 is 3.31. The van der Waals surface area contributed by atoms with Crippen LogP contribution in [0.2, 0.25) is 0 Å².